The molecule has 0 bridgehead atoms. The zero-order chi connectivity index (χ0) is 16.1. The van der Waals surface area contributed by atoms with Crippen molar-refractivity contribution >= 4 is 23.2 Å². The molecule has 5 heteroatoms. The lowest BCUT2D eigenvalue weighted by Crippen LogP contribution is -2.45. The van der Waals surface area contributed by atoms with Gasteiger partial charge in [0.25, 0.3) is 0 Å². The Balaban J connectivity index is 1.94. The Morgan fingerprint density at radius 2 is 1.77 bits per heavy atom. The molecule has 0 radical (unpaired) electrons. The molecule has 1 saturated heterocycles. The molecule has 1 heterocycles. The standard InChI is InChI=1S/C17H25N3O2/c1-12-7-9-20(10-8-12)13(2)17(22)19-16-6-4-5-15(11-16)18-14(3)21/h4-6,11-13H,7-10H2,1-3H3,(H,18,21)(H,19,22). The summed E-state index contributed by atoms with van der Waals surface area (Å²) in [7, 11) is 0. The fraction of sp³-hybridized carbons (Fsp3) is 0.529. The molecule has 1 unspecified atom stereocenters. The maximum absolute atomic E-state index is 12.4. The van der Waals surface area contributed by atoms with E-state index < -0.39 is 0 Å². The van der Waals surface area contributed by atoms with Crippen LogP contribution in [0.5, 0.6) is 0 Å². The van der Waals surface area contributed by atoms with Crippen molar-refractivity contribution in [3.05, 3.63) is 24.3 Å². The number of likely N-dealkylation sites (tertiary alicyclic amines) is 1. The minimum absolute atomic E-state index is 0.00507. The summed E-state index contributed by atoms with van der Waals surface area (Å²) in [5.41, 5.74) is 1.39. The predicted molar refractivity (Wildman–Crippen MR) is 88.8 cm³/mol. The summed E-state index contributed by atoms with van der Waals surface area (Å²) < 4.78 is 0. The van der Waals surface area contributed by atoms with Gasteiger partial charge in [0.1, 0.15) is 0 Å². The van der Waals surface area contributed by atoms with E-state index in [1.807, 2.05) is 19.1 Å². The maximum Gasteiger partial charge on any atom is 0.241 e. The first-order valence-corrected chi connectivity index (χ1v) is 7.88. The van der Waals surface area contributed by atoms with E-state index in [2.05, 4.69) is 22.5 Å². The smallest absolute Gasteiger partial charge is 0.241 e. The van der Waals surface area contributed by atoms with Gasteiger partial charge in [-0.15, -0.1) is 0 Å². The van der Waals surface area contributed by atoms with Gasteiger partial charge in [0, 0.05) is 18.3 Å². The van der Waals surface area contributed by atoms with E-state index in [4.69, 9.17) is 0 Å². The maximum atomic E-state index is 12.4. The molecule has 0 spiro atoms. The second-order valence-corrected chi connectivity index (χ2v) is 6.15. The molecule has 2 rings (SSSR count). The van der Waals surface area contributed by atoms with E-state index in [1.165, 1.54) is 6.92 Å². The topological polar surface area (TPSA) is 61.4 Å². The summed E-state index contributed by atoms with van der Waals surface area (Å²) in [5, 5.41) is 5.65. The first kappa shape index (κ1) is 16.5. The third kappa shape index (κ3) is 4.56. The number of hydrogen-bond donors (Lipinski definition) is 2. The highest BCUT2D eigenvalue weighted by Crippen LogP contribution is 2.20. The van der Waals surface area contributed by atoms with Gasteiger partial charge >= 0.3 is 0 Å². The Morgan fingerprint density at radius 1 is 1.18 bits per heavy atom. The average molecular weight is 303 g/mol. The molecule has 1 atom stereocenters. The minimum Gasteiger partial charge on any atom is -0.326 e. The van der Waals surface area contributed by atoms with Crippen LogP contribution in [0.15, 0.2) is 24.3 Å². The van der Waals surface area contributed by atoms with E-state index >= 15 is 0 Å². The SMILES string of the molecule is CC(=O)Nc1cccc(NC(=O)C(C)N2CCC(C)CC2)c1. The lowest BCUT2D eigenvalue weighted by Gasteiger charge is -2.34. The molecule has 22 heavy (non-hydrogen) atoms. The summed E-state index contributed by atoms with van der Waals surface area (Å²) in [6.07, 6.45) is 2.30. The third-order valence-electron chi connectivity index (χ3n) is 4.20. The van der Waals surface area contributed by atoms with Gasteiger partial charge in [0.05, 0.1) is 6.04 Å². The number of benzene rings is 1. The van der Waals surface area contributed by atoms with Gasteiger partial charge in [-0.1, -0.05) is 13.0 Å². The van der Waals surface area contributed by atoms with Crippen LogP contribution in [0.1, 0.15) is 33.6 Å². The van der Waals surface area contributed by atoms with Gasteiger partial charge in [-0.2, -0.15) is 0 Å². The van der Waals surface area contributed by atoms with Crippen molar-refractivity contribution in [1.29, 1.82) is 0 Å². The van der Waals surface area contributed by atoms with Crippen molar-refractivity contribution in [3.8, 4) is 0 Å². The molecule has 2 amide bonds. The van der Waals surface area contributed by atoms with Crippen LogP contribution in [0.25, 0.3) is 0 Å². The fourth-order valence-corrected chi connectivity index (χ4v) is 2.71. The van der Waals surface area contributed by atoms with E-state index in [9.17, 15) is 9.59 Å². The normalized spacial score (nSPS) is 17.8. The van der Waals surface area contributed by atoms with Crippen LogP contribution >= 0.6 is 0 Å². The van der Waals surface area contributed by atoms with Crippen molar-refractivity contribution < 1.29 is 9.59 Å². The second-order valence-electron chi connectivity index (χ2n) is 6.15. The summed E-state index contributed by atoms with van der Waals surface area (Å²) in [5.74, 6) is 0.620. The van der Waals surface area contributed by atoms with Crippen molar-refractivity contribution in [1.82, 2.24) is 4.90 Å². The summed E-state index contributed by atoms with van der Waals surface area (Å²) in [6.45, 7) is 7.62. The van der Waals surface area contributed by atoms with Crippen molar-refractivity contribution in [2.24, 2.45) is 5.92 Å². The molecule has 5 nitrogen and oxygen atoms in total. The van der Waals surface area contributed by atoms with Crippen molar-refractivity contribution in [2.45, 2.75) is 39.7 Å². The fourth-order valence-electron chi connectivity index (χ4n) is 2.71. The number of hydrogen-bond acceptors (Lipinski definition) is 3. The molecule has 1 aliphatic heterocycles. The number of anilines is 2. The number of carbonyl (C=O) groups excluding carboxylic acids is 2. The van der Waals surface area contributed by atoms with Crippen LogP contribution in [-0.4, -0.2) is 35.8 Å². The van der Waals surface area contributed by atoms with E-state index in [1.54, 1.807) is 12.1 Å². The summed E-state index contributed by atoms with van der Waals surface area (Å²) >= 11 is 0. The number of nitrogens with zero attached hydrogens (tertiary/aromatic N) is 1. The number of rotatable bonds is 4. The van der Waals surface area contributed by atoms with Crippen LogP contribution < -0.4 is 10.6 Å². The van der Waals surface area contributed by atoms with Gasteiger partial charge < -0.3 is 10.6 Å². The van der Waals surface area contributed by atoms with Crippen molar-refractivity contribution in [2.75, 3.05) is 23.7 Å². The Labute approximate surface area is 132 Å². The van der Waals surface area contributed by atoms with E-state index in [0.717, 1.165) is 31.8 Å². The molecule has 1 aromatic carbocycles. The van der Waals surface area contributed by atoms with Crippen LogP contribution in [-0.2, 0) is 9.59 Å². The lowest BCUT2D eigenvalue weighted by atomic mass is 9.98. The monoisotopic (exact) mass is 303 g/mol. The Kier molecular flexibility index (Phi) is 5.55. The minimum atomic E-state index is -0.142. The molecule has 0 aliphatic carbocycles. The summed E-state index contributed by atoms with van der Waals surface area (Å²) in [6, 6.07) is 7.07. The van der Waals surface area contributed by atoms with Crippen molar-refractivity contribution in [3.63, 3.8) is 0 Å². The Morgan fingerprint density at radius 3 is 2.36 bits per heavy atom. The molecule has 1 aromatic rings. The highest BCUT2D eigenvalue weighted by molar-refractivity contribution is 5.96. The number of piperidine rings is 1. The quantitative estimate of drug-likeness (QED) is 0.899. The highest BCUT2D eigenvalue weighted by Gasteiger charge is 2.25. The molecule has 0 aromatic heterocycles. The van der Waals surface area contributed by atoms with Crippen LogP contribution in [0.2, 0.25) is 0 Å². The number of nitrogens with one attached hydrogen (secondary N) is 2. The third-order valence-corrected chi connectivity index (χ3v) is 4.20. The predicted octanol–water partition coefficient (Wildman–Crippen LogP) is 2.70. The molecular formula is C17H25N3O2. The first-order chi connectivity index (χ1) is 10.5. The molecule has 2 N–H and O–H groups in total. The van der Waals surface area contributed by atoms with E-state index in [-0.39, 0.29) is 17.9 Å². The Hall–Kier alpha value is -1.88. The second kappa shape index (κ2) is 7.40. The average Bonchev–Trinajstić information content (AvgIpc) is 2.47. The zero-order valence-electron chi connectivity index (χ0n) is 13.6. The largest absolute Gasteiger partial charge is 0.326 e. The van der Waals surface area contributed by atoms with Gasteiger partial charge in [-0.3, -0.25) is 14.5 Å². The zero-order valence-corrected chi connectivity index (χ0v) is 13.6. The van der Waals surface area contributed by atoms with Crippen LogP contribution in [0.4, 0.5) is 11.4 Å². The lowest BCUT2D eigenvalue weighted by molar-refractivity contribution is -0.121. The van der Waals surface area contributed by atoms with Gasteiger partial charge in [0.15, 0.2) is 0 Å². The van der Waals surface area contributed by atoms with Gasteiger partial charge in [-0.05, 0) is 57.0 Å². The molecule has 120 valence electrons. The molecular weight excluding hydrogens is 278 g/mol. The van der Waals surface area contributed by atoms with Gasteiger partial charge in [-0.25, -0.2) is 0 Å². The summed E-state index contributed by atoms with van der Waals surface area (Å²) in [4.78, 5) is 25.7. The molecule has 0 saturated carbocycles. The molecule has 1 fully saturated rings. The number of carbonyl (C=O) groups is 2. The van der Waals surface area contributed by atoms with E-state index in [0.29, 0.717) is 11.4 Å². The highest BCUT2D eigenvalue weighted by atomic mass is 16.2. The first-order valence-electron chi connectivity index (χ1n) is 7.88. The van der Waals surface area contributed by atoms with Crippen LogP contribution in [0.3, 0.4) is 0 Å². The van der Waals surface area contributed by atoms with Gasteiger partial charge in [0.2, 0.25) is 11.8 Å². The van der Waals surface area contributed by atoms with Crippen LogP contribution in [0, 0.1) is 5.92 Å². The number of amides is 2. The Bertz CT molecular complexity index is 536. The molecule has 1 aliphatic rings.